The molecule has 7 heteroatoms. The summed E-state index contributed by atoms with van der Waals surface area (Å²) in [6, 6.07) is 2.67. The maximum Gasteiger partial charge on any atom is 0.324 e. The van der Waals surface area contributed by atoms with Crippen molar-refractivity contribution in [3.05, 3.63) is 27.1 Å². The Kier molecular flexibility index (Phi) is 3.86. The Bertz CT molecular complexity index is 500. The van der Waals surface area contributed by atoms with Gasteiger partial charge in [-0.2, -0.15) is 0 Å². The lowest BCUT2D eigenvalue weighted by molar-refractivity contribution is -0.380. The van der Waals surface area contributed by atoms with E-state index in [4.69, 9.17) is 5.73 Å². The second-order valence-corrected chi connectivity index (χ2v) is 6.28. The summed E-state index contributed by atoms with van der Waals surface area (Å²) in [6.07, 6.45) is 0.309. The maximum absolute atomic E-state index is 12.0. The van der Waals surface area contributed by atoms with Crippen molar-refractivity contribution < 1.29 is 9.72 Å². The highest BCUT2D eigenvalue weighted by atomic mass is 32.1. The number of carbonyl (C=O) groups is 1. The quantitative estimate of drug-likeness (QED) is 0.675. The van der Waals surface area contributed by atoms with Crippen LogP contribution >= 0.6 is 11.3 Å². The Hall–Kier alpha value is -1.47. The van der Waals surface area contributed by atoms with Crippen molar-refractivity contribution in [1.29, 1.82) is 0 Å². The standard InChI is InChI=1S/C12H17N3O3S/c1-7(2)6-14-10(16)5-8(13)12(14)9-3-4-11(19-9)15(17)18/h3-4,7-8,12H,5-6,13H2,1-2H3. The number of nitrogens with two attached hydrogens (primary N) is 1. The van der Waals surface area contributed by atoms with Crippen LogP contribution in [-0.4, -0.2) is 28.3 Å². The summed E-state index contributed by atoms with van der Waals surface area (Å²) >= 11 is 1.10. The van der Waals surface area contributed by atoms with E-state index in [0.717, 1.165) is 16.2 Å². The third kappa shape index (κ3) is 2.76. The van der Waals surface area contributed by atoms with Gasteiger partial charge in [0.2, 0.25) is 5.91 Å². The monoisotopic (exact) mass is 283 g/mol. The minimum atomic E-state index is -0.413. The molecule has 6 nitrogen and oxygen atoms in total. The van der Waals surface area contributed by atoms with E-state index in [1.165, 1.54) is 6.07 Å². The number of nitrogens with zero attached hydrogens (tertiary/aromatic N) is 2. The summed E-state index contributed by atoms with van der Waals surface area (Å²) in [4.78, 5) is 24.8. The van der Waals surface area contributed by atoms with Gasteiger partial charge in [-0.3, -0.25) is 14.9 Å². The van der Waals surface area contributed by atoms with Crippen molar-refractivity contribution in [2.45, 2.75) is 32.4 Å². The first-order valence-corrected chi connectivity index (χ1v) is 7.01. The summed E-state index contributed by atoms with van der Waals surface area (Å²) < 4.78 is 0. The number of likely N-dealkylation sites (tertiary alicyclic amines) is 1. The highest BCUT2D eigenvalue weighted by molar-refractivity contribution is 7.15. The number of amides is 1. The number of rotatable bonds is 4. The molecule has 2 atom stereocenters. The van der Waals surface area contributed by atoms with E-state index in [1.54, 1.807) is 11.0 Å². The highest BCUT2D eigenvalue weighted by Crippen LogP contribution is 2.38. The van der Waals surface area contributed by atoms with E-state index in [-0.39, 0.29) is 23.0 Å². The van der Waals surface area contributed by atoms with Crippen LogP contribution in [0.25, 0.3) is 0 Å². The van der Waals surface area contributed by atoms with E-state index in [9.17, 15) is 14.9 Å². The lowest BCUT2D eigenvalue weighted by Crippen LogP contribution is -2.34. The molecule has 19 heavy (non-hydrogen) atoms. The topological polar surface area (TPSA) is 89.5 Å². The van der Waals surface area contributed by atoms with Crippen molar-refractivity contribution in [3.8, 4) is 0 Å². The van der Waals surface area contributed by atoms with Crippen LogP contribution in [0.15, 0.2) is 12.1 Å². The first kappa shape index (κ1) is 14.0. The van der Waals surface area contributed by atoms with Gasteiger partial charge in [0, 0.05) is 30.0 Å². The molecule has 2 rings (SSSR count). The van der Waals surface area contributed by atoms with Crippen LogP contribution in [0.1, 0.15) is 31.2 Å². The molecule has 1 amide bonds. The average molecular weight is 283 g/mol. The van der Waals surface area contributed by atoms with Crippen LogP contribution in [0.5, 0.6) is 0 Å². The Morgan fingerprint density at radius 2 is 2.26 bits per heavy atom. The van der Waals surface area contributed by atoms with Gasteiger partial charge in [-0.05, 0) is 12.0 Å². The molecule has 0 aromatic carbocycles. The zero-order chi connectivity index (χ0) is 14.2. The molecule has 0 saturated carbocycles. The van der Waals surface area contributed by atoms with Gasteiger partial charge in [-0.25, -0.2) is 0 Å². The van der Waals surface area contributed by atoms with Crippen LogP contribution in [-0.2, 0) is 4.79 Å². The molecule has 1 aliphatic rings. The predicted molar refractivity (Wildman–Crippen MR) is 72.9 cm³/mol. The first-order valence-electron chi connectivity index (χ1n) is 6.19. The molecule has 2 N–H and O–H groups in total. The second-order valence-electron chi connectivity index (χ2n) is 5.19. The molecule has 1 fully saturated rings. The number of carbonyl (C=O) groups excluding carboxylic acids is 1. The lowest BCUT2D eigenvalue weighted by atomic mass is 10.1. The largest absolute Gasteiger partial charge is 0.333 e. The number of nitro groups is 1. The molecule has 0 spiro atoms. The van der Waals surface area contributed by atoms with E-state index in [2.05, 4.69) is 0 Å². The molecule has 0 aliphatic carbocycles. The first-order chi connectivity index (χ1) is 8.90. The Morgan fingerprint density at radius 3 is 2.79 bits per heavy atom. The molecule has 1 aromatic heterocycles. The third-order valence-corrected chi connectivity index (χ3v) is 4.23. The van der Waals surface area contributed by atoms with Crippen LogP contribution in [0, 0.1) is 16.0 Å². The second kappa shape index (κ2) is 5.26. The molecule has 0 radical (unpaired) electrons. The summed E-state index contributed by atoms with van der Waals surface area (Å²) in [5.74, 6) is 0.369. The number of hydrogen-bond acceptors (Lipinski definition) is 5. The fourth-order valence-electron chi connectivity index (χ4n) is 2.39. The van der Waals surface area contributed by atoms with Gasteiger partial charge in [0.15, 0.2) is 0 Å². The van der Waals surface area contributed by atoms with Gasteiger partial charge in [0.1, 0.15) is 0 Å². The normalized spacial score (nSPS) is 23.4. The number of hydrogen-bond donors (Lipinski definition) is 1. The van der Waals surface area contributed by atoms with Crippen molar-refractivity contribution in [3.63, 3.8) is 0 Å². The van der Waals surface area contributed by atoms with Gasteiger partial charge in [-0.15, -0.1) is 0 Å². The molecule has 1 saturated heterocycles. The zero-order valence-corrected chi connectivity index (χ0v) is 11.7. The molecule has 1 aromatic rings. The molecule has 2 heterocycles. The van der Waals surface area contributed by atoms with Crippen molar-refractivity contribution in [2.24, 2.45) is 11.7 Å². The molecule has 2 unspecified atom stereocenters. The molecule has 1 aliphatic heterocycles. The van der Waals surface area contributed by atoms with Crippen LogP contribution in [0.4, 0.5) is 5.00 Å². The SMILES string of the molecule is CC(C)CN1C(=O)CC(N)C1c1ccc([N+](=O)[O-])s1. The molecule has 104 valence electrons. The van der Waals surface area contributed by atoms with Gasteiger partial charge in [0.25, 0.3) is 0 Å². The zero-order valence-electron chi connectivity index (χ0n) is 10.9. The van der Waals surface area contributed by atoms with E-state index < -0.39 is 4.92 Å². The van der Waals surface area contributed by atoms with E-state index in [1.807, 2.05) is 13.8 Å². The third-order valence-electron chi connectivity index (χ3n) is 3.12. The Morgan fingerprint density at radius 1 is 1.58 bits per heavy atom. The van der Waals surface area contributed by atoms with Crippen LogP contribution < -0.4 is 5.73 Å². The van der Waals surface area contributed by atoms with Gasteiger partial charge in [0.05, 0.1) is 11.0 Å². The minimum Gasteiger partial charge on any atom is -0.333 e. The summed E-state index contributed by atoms with van der Waals surface area (Å²) in [6.45, 7) is 4.69. The fraction of sp³-hybridized carbons (Fsp3) is 0.583. The number of thiophene rings is 1. The molecular formula is C12H17N3O3S. The Balaban J connectivity index is 2.28. The predicted octanol–water partition coefficient (Wildman–Crippen LogP) is 1.91. The molecular weight excluding hydrogens is 266 g/mol. The highest BCUT2D eigenvalue weighted by Gasteiger charge is 2.40. The van der Waals surface area contributed by atoms with Crippen molar-refractivity contribution in [1.82, 2.24) is 4.90 Å². The molecule has 0 bridgehead atoms. The van der Waals surface area contributed by atoms with Gasteiger partial charge >= 0.3 is 5.00 Å². The van der Waals surface area contributed by atoms with E-state index in [0.29, 0.717) is 18.9 Å². The smallest absolute Gasteiger partial charge is 0.324 e. The van der Waals surface area contributed by atoms with Gasteiger partial charge < -0.3 is 10.6 Å². The van der Waals surface area contributed by atoms with Crippen molar-refractivity contribution in [2.75, 3.05) is 6.54 Å². The lowest BCUT2D eigenvalue weighted by Gasteiger charge is -2.27. The van der Waals surface area contributed by atoms with E-state index >= 15 is 0 Å². The summed E-state index contributed by atoms with van der Waals surface area (Å²) in [5, 5.41) is 10.8. The van der Waals surface area contributed by atoms with Gasteiger partial charge in [-0.1, -0.05) is 25.2 Å². The van der Waals surface area contributed by atoms with Crippen molar-refractivity contribution >= 4 is 22.2 Å². The van der Waals surface area contributed by atoms with Crippen LogP contribution in [0.2, 0.25) is 0 Å². The summed E-state index contributed by atoms with van der Waals surface area (Å²) in [7, 11) is 0. The maximum atomic E-state index is 12.0. The minimum absolute atomic E-state index is 0.0299. The fourth-order valence-corrected chi connectivity index (χ4v) is 3.40. The van der Waals surface area contributed by atoms with Crippen LogP contribution in [0.3, 0.4) is 0 Å². The Labute approximate surface area is 115 Å². The summed E-state index contributed by atoms with van der Waals surface area (Å²) in [5.41, 5.74) is 6.03. The average Bonchev–Trinajstić information content (AvgIpc) is 2.85.